The van der Waals surface area contributed by atoms with E-state index in [1.165, 1.54) is 24.0 Å². The fraction of sp³-hybridized carbons (Fsp3) is 0.679. The zero-order chi connectivity index (χ0) is 24.2. The molecule has 4 aliphatic rings. The highest BCUT2D eigenvalue weighted by Crippen LogP contribution is 2.64. The average molecular weight is 478 g/mol. The number of aromatic amines is 1. The van der Waals surface area contributed by atoms with E-state index >= 15 is 0 Å². The summed E-state index contributed by atoms with van der Waals surface area (Å²) in [6.07, 6.45) is 9.05. The molecule has 2 heterocycles. The summed E-state index contributed by atoms with van der Waals surface area (Å²) >= 11 is 0. The molecule has 2 aromatic rings. The molecule has 0 radical (unpaired) electrons. The first-order valence-electron chi connectivity index (χ1n) is 13.5. The van der Waals surface area contributed by atoms with Crippen molar-refractivity contribution < 1.29 is 9.53 Å². The van der Waals surface area contributed by atoms with Crippen LogP contribution in [0.25, 0.3) is 0 Å². The van der Waals surface area contributed by atoms with Gasteiger partial charge in [0.15, 0.2) is 5.82 Å². The van der Waals surface area contributed by atoms with Gasteiger partial charge in [-0.05, 0) is 82.4 Å². The lowest BCUT2D eigenvalue weighted by atomic mass is 9.48. The molecule has 6 rings (SSSR count). The van der Waals surface area contributed by atoms with E-state index in [-0.39, 0.29) is 5.92 Å². The third-order valence-corrected chi connectivity index (χ3v) is 9.18. The first-order chi connectivity index (χ1) is 16.9. The smallest absolute Gasteiger partial charge is 0.225 e. The van der Waals surface area contributed by atoms with Gasteiger partial charge in [0.25, 0.3) is 0 Å². The van der Waals surface area contributed by atoms with E-state index in [1.54, 1.807) is 7.11 Å². The van der Waals surface area contributed by atoms with Gasteiger partial charge in [0, 0.05) is 49.0 Å². The van der Waals surface area contributed by atoms with Crippen LogP contribution in [0, 0.1) is 18.3 Å². The summed E-state index contributed by atoms with van der Waals surface area (Å²) in [5, 5.41) is 7.64. The molecule has 1 aliphatic heterocycles. The van der Waals surface area contributed by atoms with Crippen LogP contribution in [-0.2, 0) is 11.3 Å². The number of benzene rings is 1. The first kappa shape index (κ1) is 23.0. The number of amides is 1. The SMILES string of the molecule is COc1cc(C)ccc1CN(C)C1CCN(C(=O)C2CC3(C2)CC(c2n[nH]c(C4CC4)n2)C3)CC1. The van der Waals surface area contributed by atoms with Crippen LogP contribution in [0.2, 0.25) is 0 Å². The minimum atomic E-state index is 0.233. The number of nitrogens with one attached hydrogen (secondary N) is 1. The van der Waals surface area contributed by atoms with E-state index in [0.717, 1.165) is 75.6 Å². The fourth-order valence-electron chi connectivity index (χ4n) is 6.84. The molecule has 188 valence electrons. The number of hydrogen-bond acceptors (Lipinski definition) is 5. The quantitative estimate of drug-likeness (QED) is 0.640. The largest absolute Gasteiger partial charge is 0.496 e. The lowest BCUT2D eigenvalue weighted by molar-refractivity contribution is -0.150. The molecule has 1 N–H and O–H groups in total. The standard InChI is InChI=1S/C28H39N5O2/c1-18-4-5-20(24(12-18)35-3)17-32(2)23-8-10-33(11-9-23)27(34)22-15-28(16-22)13-21(14-28)26-29-25(30-31-26)19-6-7-19/h4-5,12,19,21-23H,6-11,13-17H2,1-3H3,(H,29,30,31). The molecule has 3 saturated carbocycles. The van der Waals surface area contributed by atoms with Crippen LogP contribution < -0.4 is 4.74 Å². The zero-order valence-electron chi connectivity index (χ0n) is 21.4. The lowest BCUT2D eigenvalue weighted by Gasteiger charge is -2.57. The monoisotopic (exact) mass is 477 g/mol. The predicted molar refractivity (Wildman–Crippen MR) is 134 cm³/mol. The predicted octanol–water partition coefficient (Wildman–Crippen LogP) is 4.40. The molecule has 1 amide bonds. The number of likely N-dealkylation sites (tertiary alicyclic amines) is 1. The van der Waals surface area contributed by atoms with Gasteiger partial charge in [0.1, 0.15) is 11.6 Å². The highest BCUT2D eigenvalue weighted by Gasteiger charge is 2.56. The van der Waals surface area contributed by atoms with Crippen LogP contribution in [-0.4, -0.2) is 64.2 Å². The molecule has 0 unspecified atom stereocenters. The molecule has 1 aromatic carbocycles. The Balaban J connectivity index is 0.950. The van der Waals surface area contributed by atoms with E-state index < -0.39 is 0 Å². The molecule has 1 spiro atoms. The van der Waals surface area contributed by atoms with Crippen LogP contribution in [0.15, 0.2) is 18.2 Å². The number of ether oxygens (including phenoxy) is 1. The number of aromatic nitrogens is 3. The van der Waals surface area contributed by atoms with Crippen molar-refractivity contribution in [2.45, 2.75) is 82.7 Å². The maximum atomic E-state index is 13.2. The number of piperidine rings is 1. The number of rotatable bonds is 7. The van der Waals surface area contributed by atoms with Crippen LogP contribution in [0.5, 0.6) is 5.75 Å². The van der Waals surface area contributed by atoms with Gasteiger partial charge in [-0.25, -0.2) is 4.98 Å². The molecule has 0 bridgehead atoms. The zero-order valence-corrected chi connectivity index (χ0v) is 21.4. The summed E-state index contributed by atoms with van der Waals surface area (Å²) in [6.45, 7) is 4.73. The van der Waals surface area contributed by atoms with Crippen molar-refractivity contribution in [3.8, 4) is 5.75 Å². The Kier molecular flexibility index (Phi) is 5.86. The Morgan fingerprint density at radius 1 is 1.14 bits per heavy atom. The summed E-state index contributed by atoms with van der Waals surface area (Å²) in [5.74, 6) is 4.83. The number of methoxy groups -OCH3 is 1. The minimum absolute atomic E-state index is 0.233. The maximum Gasteiger partial charge on any atom is 0.225 e. The number of carbonyl (C=O) groups excluding carboxylic acids is 1. The summed E-state index contributed by atoms with van der Waals surface area (Å²) in [4.78, 5) is 22.5. The second-order valence-electron chi connectivity index (χ2n) is 11.9. The van der Waals surface area contributed by atoms with Crippen molar-refractivity contribution in [2.24, 2.45) is 11.3 Å². The van der Waals surface area contributed by atoms with Crippen LogP contribution in [0.3, 0.4) is 0 Å². The molecule has 35 heavy (non-hydrogen) atoms. The van der Waals surface area contributed by atoms with E-state index in [0.29, 0.717) is 29.2 Å². The third-order valence-electron chi connectivity index (χ3n) is 9.18. The summed E-state index contributed by atoms with van der Waals surface area (Å²) in [7, 11) is 3.95. The summed E-state index contributed by atoms with van der Waals surface area (Å²) in [5.41, 5.74) is 2.83. The first-order valence-corrected chi connectivity index (χ1v) is 13.5. The molecular formula is C28H39N5O2. The number of hydrogen-bond donors (Lipinski definition) is 1. The summed E-state index contributed by atoms with van der Waals surface area (Å²) in [6, 6.07) is 6.94. The molecule has 0 atom stereocenters. The van der Waals surface area contributed by atoms with Gasteiger partial charge in [0.2, 0.25) is 5.91 Å². The average Bonchev–Trinajstić information content (AvgIpc) is 3.56. The molecule has 4 fully saturated rings. The van der Waals surface area contributed by atoms with Gasteiger partial charge in [-0.2, -0.15) is 5.10 Å². The highest BCUT2D eigenvalue weighted by atomic mass is 16.5. The number of aryl methyl sites for hydroxylation is 1. The molecule has 7 nitrogen and oxygen atoms in total. The molecule has 3 aliphatic carbocycles. The van der Waals surface area contributed by atoms with E-state index in [2.05, 4.69) is 52.2 Å². The van der Waals surface area contributed by atoms with Crippen molar-refractivity contribution in [2.75, 3.05) is 27.2 Å². The van der Waals surface area contributed by atoms with Crippen molar-refractivity contribution in [1.29, 1.82) is 0 Å². The normalized spacial score (nSPS) is 28.7. The van der Waals surface area contributed by atoms with Gasteiger partial charge in [-0.3, -0.25) is 14.8 Å². The Morgan fingerprint density at radius 3 is 2.57 bits per heavy atom. The Labute approximate surface area is 208 Å². The maximum absolute atomic E-state index is 13.2. The summed E-state index contributed by atoms with van der Waals surface area (Å²) < 4.78 is 5.60. The number of carbonyl (C=O) groups is 1. The van der Waals surface area contributed by atoms with E-state index in [4.69, 9.17) is 9.72 Å². The van der Waals surface area contributed by atoms with Crippen LogP contribution in [0.1, 0.15) is 86.0 Å². The van der Waals surface area contributed by atoms with Crippen LogP contribution in [0.4, 0.5) is 0 Å². The lowest BCUT2D eigenvalue weighted by Crippen LogP contribution is -2.54. The highest BCUT2D eigenvalue weighted by molar-refractivity contribution is 5.80. The number of nitrogens with zero attached hydrogens (tertiary/aromatic N) is 4. The van der Waals surface area contributed by atoms with Gasteiger partial charge < -0.3 is 9.64 Å². The Morgan fingerprint density at radius 2 is 1.89 bits per heavy atom. The second-order valence-corrected chi connectivity index (χ2v) is 11.9. The molecule has 1 aromatic heterocycles. The topological polar surface area (TPSA) is 74.3 Å². The number of H-pyrrole nitrogens is 1. The van der Waals surface area contributed by atoms with Gasteiger partial charge in [-0.15, -0.1) is 0 Å². The second kappa shape index (κ2) is 8.91. The van der Waals surface area contributed by atoms with Gasteiger partial charge in [0.05, 0.1) is 7.11 Å². The van der Waals surface area contributed by atoms with Crippen molar-refractivity contribution >= 4 is 5.91 Å². The Hall–Kier alpha value is -2.41. The molecule has 1 saturated heterocycles. The van der Waals surface area contributed by atoms with Crippen molar-refractivity contribution in [3.63, 3.8) is 0 Å². The van der Waals surface area contributed by atoms with Crippen molar-refractivity contribution in [3.05, 3.63) is 41.0 Å². The molecule has 7 heteroatoms. The van der Waals surface area contributed by atoms with Crippen LogP contribution >= 0.6 is 0 Å². The van der Waals surface area contributed by atoms with E-state index in [1.807, 2.05) is 0 Å². The van der Waals surface area contributed by atoms with Gasteiger partial charge >= 0.3 is 0 Å². The Bertz CT molecular complexity index is 1070. The fourth-order valence-corrected chi connectivity index (χ4v) is 6.84. The third kappa shape index (κ3) is 4.48. The van der Waals surface area contributed by atoms with Gasteiger partial charge in [-0.1, -0.05) is 12.1 Å². The van der Waals surface area contributed by atoms with E-state index in [9.17, 15) is 4.79 Å². The van der Waals surface area contributed by atoms with Crippen molar-refractivity contribution in [1.82, 2.24) is 25.0 Å². The minimum Gasteiger partial charge on any atom is -0.496 e. The molecular weight excluding hydrogens is 438 g/mol.